The minimum absolute atomic E-state index is 0.0739. The quantitative estimate of drug-likeness (QED) is 0.926. The highest BCUT2D eigenvalue weighted by atomic mass is 19.1. The molecule has 118 valence electrons. The minimum atomic E-state index is -0.869. The van der Waals surface area contributed by atoms with Crippen LogP contribution in [0.25, 0.3) is 0 Å². The lowest BCUT2D eigenvalue weighted by Crippen LogP contribution is -2.35. The van der Waals surface area contributed by atoms with Gasteiger partial charge in [0.15, 0.2) is 6.61 Å². The summed E-state index contributed by atoms with van der Waals surface area (Å²) in [7, 11) is 1.56. The minimum Gasteiger partial charge on any atom is -0.482 e. The highest BCUT2D eigenvalue weighted by Crippen LogP contribution is 2.32. The van der Waals surface area contributed by atoms with Crippen LogP contribution < -0.4 is 15.0 Å². The van der Waals surface area contributed by atoms with Gasteiger partial charge in [-0.1, -0.05) is 6.07 Å². The zero-order valence-corrected chi connectivity index (χ0v) is 12.1. The first-order valence-corrected chi connectivity index (χ1v) is 6.76. The van der Waals surface area contributed by atoms with Crippen molar-refractivity contribution in [2.24, 2.45) is 0 Å². The van der Waals surface area contributed by atoms with Gasteiger partial charge in [-0.05, 0) is 30.3 Å². The number of benzene rings is 2. The van der Waals surface area contributed by atoms with Gasteiger partial charge < -0.3 is 15.0 Å². The maximum absolute atomic E-state index is 13.6. The molecule has 0 radical (unpaired) electrons. The third kappa shape index (κ3) is 2.73. The lowest BCUT2D eigenvalue weighted by molar-refractivity contribution is -0.120. The zero-order chi connectivity index (χ0) is 16.6. The molecule has 2 aromatic rings. The number of ether oxygens (including phenoxy) is 1. The highest BCUT2D eigenvalue weighted by Gasteiger charge is 2.23. The third-order valence-electron chi connectivity index (χ3n) is 3.51. The van der Waals surface area contributed by atoms with Crippen molar-refractivity contribution in [1.82, 2.24) is 0 Å². The van der Waals surface area contributed by atoms with Crippen molar-refractivity contribution in [3.8, 4) is 5.75 Å². The van der Waals surface area contributed by atoms with Crippen molar-refractivity contribution in [2.45, 2.75) is 0 Å². The molecule has 7 heteroatoms. The van der Waals surface area contributed by atoms with Gasteiger partial charge in [0, 0.05) is 12.6 Å². The van der Waals surface area contributed by atoms with Crippen LogP contribution in [0.5, 0.6) is 5.75 Å². The van der Waals surface area contributed by atoms with E-state index in [9.17, 15) is 18.4 Å². The number of hydrogen-bond donors (Lipinski definition) is 1. The average molecular weight is 318 g/mol. The fraction of sp³-hybridized carbons (Fsp3) is 0.125. The predicted molar refractivity (Wildman–Crippen MR) is 79.7 cm³/mol. The third-order valence-corrected chi connectivity index (χ3v) is 3.51. The SMILES string of the molecule is CN1C(=O)COc2ccc(C(=O)Nc3c(F)cccc3F)cc21. The molecule has 1 N–H and O–H groups in total. The molecule has 2 amide bonds. The number of carbonyl (C=O) groups excluding carboxylic acids is 2. The first-order valence-electron chi connectivity index (χ1n) is 6.76. The molecule has 2 aromatic carbocycles. The van der Waals surface area contributed by atoms with Crippen LogP contribution in [0.3, 0.4) is 0 Å². The molecular formula is C16H12F2N2O3. The second-order valence-corrected chi connectivity index (χ2v) is 4.97. The van der Waals surface area contributed by atoms with Crippen molar-refractivity contribution in [2.75, 3.05) is 23.9 Å². The molecule has 5 nitrogen and oxygen atoms in total. The van der Waals surface area contributed by atoms with E-state index < -0.39 is 23.2 Å². The Balaban J connectivity index is 1.90. The summed E-state index contributed by atoms with van der Waals surface area (Å²) in [5.41, 5.74) is 0.0513. The standard InChI is InChI=1S/C16H12F2N2O3/c1-20-12-7-9(5-6-13(12)23-8-14(20)21)16(22)19-15-10(17)3-2-4-11(15)18/h2-7H,8H2,1H3,(H,19,22). The summed E-state index contributed by atoms with van der Waals surface area (Å²) in [4.78, 5) is 25.2. The molecule has 0 saturated heterocycles. The highest BCUT2D eigenvalue weighted by molar-refractivity contribution is 6.06. The second kappa shape index (κ2) is 5.68. The number of para-hydroxylation sites is 1. The zero-order valence-electron chi connectivity index (χ0n) is 12.1. The maximum Gasteiger partial charge on any atom is 0.264 e. The molecule has 23 heavy (non-hydrogen) atoms. The predicted octanol–water partition coefficient (Wildman–Crippen LogP) is 2.57. The lowest BCUT2D eigenvalue weighted by atomic mass is 10.1. The number of nitrogens with one attached hydrogen (secondary N) is 1. The van der Waals surface area contributed by atoms with Gasteiger partial charge >= 0.3 is 0 Å². The molecule has 0 fully saturated rings. The Labute approximate surface area is 130 Å². The van der Waals surface area contributed by atoms with Gasteiger partial charge in [-0.15, -0.1) is 0 Å². The fourth-order valence-corrected chi connectivity index (χ4v) is 2.22. The summed E-state index contributed by atoms with van der Waals surface area (Å²) in [5, 5.41) is 2.19. The lowest BCUT2D eigenvalue weighted by Gasteiger charge is -2.26. The normalized spacial score (nSPS) is 13.3. The number of carbonyl (C=O) groups is 2. The van der Waals surface area contributed by atoms with Crippen LogP contribution in [0, 0.1) is 11.6 Å². The van der Waals surface area contributed by atoms with Gasteiger partial charge in [0.1, 0.15) is 23.1 Å². The topological polar surface area (TPSA) is 58.6 Å². The van der Waals surface area contributed by atoms with E-state index in [-0.39, 0.29) is 18.1 Å². The van der Waals surface area contributed by atoms with E-state index in [0.29, 0.717) is 11.4 Å². The summed E-state index contributed by atoms with van der Waals surface area (Å²) in [5.74, 6) is -2.22. The van der Waals surface area contributed by atoms with Gasteiger partial charge in [0.25, 0.3) is 11.8 Å². The van der Waals surface area contributed by atoms with E-state index in [4.69, 9.17) is 4.74 Å². The average Bonchev–Trinajstić information content (AvgIpc) is 2.54. The van der Waals surface area contributed by atoms with E-state index in [0.717, 1.165) is 12.1 Å². The van der Waals surface area contributed by atoms with Gasteiger partial charge in [0.05, 0.1) is 5.69 Å². The Kier molecular flexibility index (Phi) is 3.69. The number of nitrogens with zero attached hydrogens (tertiary/aromatic N) is 1. The van der Waals surface area contributed by atoms with Crippen molar-refractivity contribution < 1.29 is 23.1 Å². The first-order chi connectivity index (χ1) is 11.0. The molecular weight excluding hydrogens is 306 g/mol. The Morgan fingerprint density at radius 1 is 1.22 bits per heavy atom. The number of likely N-dealkylation sites (N-methyl/N-ethyl adjacent to an activating group) is 1. The van der Waals surface area contributed by atoms with Crippen LogP contribution in [-0.2, 0) is 4.79 Å². The van der Waals surface area contributed by atoms with Crippen LogP contribution in [0.1, 0.15) is 10.4 Å². The van der Waals surface area contributed by atoms with E-state index in [1.165, 1.54) is 29.2 Å². The molecule has 0 saturated carbocycles. The number of rotatable bonds is 2. The van der Waals surface area contributed by atoms with E-state index in [1.54, 1.807) is 7.05 Å². The summed E-state index contributed by atoms with van der Waals surface area (Å²) >= 11 is 0. The Morgan fingerprint density at radius 2 is 1.91 bits per heavy atom. The van der Waals surface area contributed by atoms with Crippen molar-refractivity contribution in [3.05, 3.63) is 53.6 Å². The second-order valence-electron chi connectivity index (χ2n) is 4.97. The molecule has 0 aliphatic carbocycles. The fourth-order valence-electron chi connectivity index (χ4n) is 2.22. The molecule has 1 aliphatic heterocycles. The molecule has 0 bridgehead atoms. The Morgan fingerprint density at radius 3 is 2.61 bits per heavy atom. The van der Waals surface area contributed by atoms with E-state index in [1.807, 2.05) is 0 Å². The van der Waals surface area contributed by atoms with Crippen LogP contribution >= 0.6 is 0 Å². The van der Waals surface area contributed by atoms with Gasteiger partial charge in [-0.2, -0.15) is 0 Å². The smallest absolute Gasteiger partial charge is 0.264 e. The first kappa shape index (κ1) is 15.0. The van der Waals surface area contributed by atoms with Gasteiger partial charge in [0.2, 0.25) is 0 Å². The maximum atomic E-state index is 13.6. The van der Waals surface area contributed by atoms with Crippen LogP contribution in [0.4, 0.5) is 20.2 Å². The Hall–Kier alpha value is -2.96. The number of fused-ring (bicyclic) bond motifs is 1. The van der Waals surface area contributed by atoms with Gasteiger partial charge in [-0.25, -0.2) is 8.78 Å². The number of anilines is 2. The van der Waals surface area contributed by atoms with Crippen LogP contribution in [-0.4, -0.2) is 25.5 Å². The molecule has 0 spiro atoms. The largest absolute Gasteiger partial charge is 0.482 e. The summed E-state index contributed by atoms with van der Waals surface area (Å²) in [6.45, 7) is -0.0739. The molecule has 0 atom stereocenters. The van der Waals surface area contributed by atoms with Crippen molar-refractivity contribution in [1.29, 1.82) is 0 Å². The summed E-state index contributed by atoms with van der Waals surface area (Å²) in [6, 6.07) is 7.72. The van der Waals surface area contributed by atoms with E-state index in [2.05, 4.69) is 5.32 Å². The molecule has 0 unspecified atom stereocenters. The number of halogens is 2. The molecule has 1 aliphatic rings. The number of amides is 2. The van der Waals surface area contributed by atoms with E-state index >= 15 is 0 Å². The van der Waals surface area contributed by atoms with Gasteiger partial charge in [-0.3, -0.25) is 9.59 Å². The van der Waals surface area contributed by atoms with Crippen LogP contribution in [0.15, 0.2) is 36.4 Å². The summed E-state index contributed by atoms with van der Waals surface area (Å²) < 4.78 is 32.4. The molecule has 3 rings (SSSR count). The molecule has 1 heterocycles. The van der Waals surface area contributed by atoms with Crippen molar-refractivity contribution in [3.63, 3.8) is 0 Å². The van der Waals surface area contributed by atoms with Crippen molar-refractivity contribution >= 4 is 23.2 Å². The summed E-state index contributed by atoms with van der Waals surface area (Å²) in [6.07, 6.45) is 0. The molecule has 0 aromatic heterocycles. The monoisotopic (exact) mass is 318 g/mol. The Bertz CT molecular complexity index is 788. The number of hydrogen-bond acceptors (Lipinski definition) is 3. The van der Waals surface area contributed by atoms with Crippen LogP contribution in [0.2, 0.25) is 0 Å².